The zero-order valence-corrected chi connectivity index (χ0v) is 20.9. The van der Waals surface area contributed by atoms with Crippen LogP contribution in [0.1, 0.15) is 25.6 Å². The summed E-state index contributed by atoms with van der Waals surface area (Å²) >= 11 is 0. The normalized spacial score (nSPS) is 10.7. The van der Waals surface area contributed by atoms with Gasteiger partial charge in [-0.15, -0.1) is 0 Å². The summed E-state index contributed by atoms with van der Waals surface area (Å²) in [5.74, 6) is 0.0313. The average Bonchev–Trinajstić information content (AvgIpc) is 3.62. The number of urea groups is 1. The first-order chi connectivity index (χ1) is 18.9. The summed E-state index contributed by atoms with van der Waals surface area (Å²) in [6.07, 6.45) is 8.11. The molecule has 0 aliphatic carbocycles. The Kier molecular flexibility index (Phi) is 6.96. The monoisotopic (exact) mass is 523 g/mol. The molecular weight excluding hydrogens is 501 g/mol. The number of carbonyl (C=O) groups excluding carboxylic acids is 1. The van der Waals surface area contributed by atoms with Crippen LogP contribution in [-0.2, 0) is 0 Å². The fraction of sp³-hybridized carbons (Fsp3) is 0.111. The summed E-state index contributed by atoms with van der Waals surface area (Å²) in [7, 11) is 0. The smallest absolute Gasteiger partial charge is 0.323 e. The van der Waals surface area contributed by atoms with Gasteiger partial charge in [0.25, 0.3) is 0 Å². The lowest BCUT2D eigenvalue weighted by Crippen LogP contribution is -2.20. The Hall–Kier alpha value is -5.57. The van der Waals surface area contributed by atoms with Crippen LogP contribution in [0.3, 0.4) is 0 Å². The molecule has 39 heavy (non-hydrogen) atoms. The summed E-state index contributed by atoms with van der Waals surface area (Å²) in [6.45, 7) is 3.89. The SMILES string of the molecule is CC(C)n1cc(NC(=O)Nc2ccc(Oc3ccnc(-c4cn[nH]c4)c3)cc2F)c(-c2ccc(C#N)nc2)n1. The zero-order valence-electron chi connectivity index (χ0n) is 20.9. The zero-order chi connectivity index (χ0) is 27.4. The number of hydrogen-bond donors (Lipinski definition) is 3. The quantitative estimate of drug-likeness (QED) is 0.246. The van der Waals surface area contributed by atoms with Crippen LogP contribution in [0, 0.1) is 17.1 Å². The number of carbonyl (C=O) groups is 1. The van der Waals surface area contributed by atoms with Crippen LogP contribution in [0.2, 0.25) is 0 Å². The number of halogens is 1. The lowest BCUT2D eigenvalue weighted by atomic mass is 10.2. The van der Waals surface area contributed by atoms with E-state index in [1.54, 1.807) is 59.8 Å². The van der Waals surface area contributed by atoms with Gasteiger partial charge in [0.2, 0.25) is 0 Å². The molecule has 194 valence electrons. The number of H-pyrrole nitrogens is 1. The van der Waals surface area contributed by atoms with Crippen molar-refractivity contribution in [1.82, 2.24) is 29.9 Å². The van der Waals surface area contributed by atoms with Gasteiger partial charge in [0.05, 0.1) is 23.3 Å². The summed E-state index contributed by atoms with van der Waals surface area (Å²) < 4.78 is 22.4. The molecule has 12 heteroatoms. The van der Waals surface area contributed by atoms with E-state index in [0.29, 0.717) is 28.4 Å². The molecule has 0 fully saturated rings. The van der Waals surface area contributed by atoms with Crippen molar-refractivity contribution in [3.63, 3.8) is 0 Å². The topological polar surface area (TPSA) is 146 Å². The van der Waals surface area contributed by atoms with Crippen molar-refractivity contribution >= 4 is 17.4 Å². The number of nitrogens with zero attached hydrogens (tertiary/aromatic N) is 6. The van der Waals surface area contributed by atoms with Crippen molar-refractivity contribution in [2.75, 3.05) is 10.6 Å². The minimum Gasteiger partial charge on any atom is -0.457 e. The molecule has 0 atom stereocenters. The Morgan fingerprint density at radius 1 is 1.05 bits per heavy atom. The van der Waals surface area contributed by atoms with Gasteiger partial charge in [-0.3, -0.25) is 14.8 Å². The standard InChI is InChI=1S/C27H22FN9O2/c1-16(2)37-15-25(26(36-37)17-3-4-19(11-29)31-12-17)35-27(38)34-23-6-5-20(9-22(23)28)39-21-7-8-30-24(10-21)18-13-32-33-14-18/h3-10,12-16H,1-2H3,(H,32,33)(H2,34,35,38). The van der Waals surface area contributed by atoms with Crippen LogP contribution >= 0.6 is 0 Å². The number of hydrogen-bond acceptors (Lipinski definition) is 7. The molecule has 2 amide bonds. The number of ether oxygens (including phenoxy) is 1. The van der Waals surface area contributed by atoms with Crippen LogP contribution in [-0.4, -0.2) is 36.0 Å². The molecule has 11 nitrogen and oxygen atoms in total. The van der Waals surface area contributed by atoms with Gasteiger partial charge in [-0.2, -0.15) is 15.5 Å². The van der Waals surface area contributed by atoms with E-state index in [-0.39, 0.29) is 23.2 Å². The maximum absolute atomic E-state index is 14.9. The van der Waals surface area contributed by atoms with Crippen molar-refractivity contribution in [3.05, 3.63) is 85.0 Å². The number of aromatic amines is 1. The number of pyridine rings is 2. The van der Waals surface area contributed by atoms with Gasteiger partial charge in [0, 0.05) is 54.1 Å². The first-order valence-corrected chi connectivity index (χ1v) is 11.9. The number of aromatic nitrogens is 6. The van der Waals surface area contributed by atoms with Crippen LogP contribution in [0.25, 0.3) is 22.5 Å². The maximum Gasteiger partial charge on any atom is 0.323 e. The third-order valence-electron chi connectivity index (χ3n) is 5.61. The predicted octanol–water partition coefficient (Wildman–Crippen LogP) is 5.76. The summed E-state index contributed by atoms with van der Waals surface area (Å²) in [5.41, 5.74) is 3.14. The van der Waals surface area contributed by atoms with E-state index >= 15 is 0 Å². The van der Waals surface area contributed by atoms with E-state index in [1.165, 1.54) is 18.3 Å². The van der Waals surface area contributed by atoms with Crippen LogP contribution in [0.15, 0.2) is 73.4 Å². The van der Waals surface area contributed by atoms with Gasteiger partial charge in [0.1, 0.15) is 34.8 Å². The third-order valence-corrected chi connectivity index (χ3v) is 5.61. The van der Waals surface area contributed by atoms with Gasteiger partial charge >= 0.3 is 6.03 Å². The van der Waals surface area contributed by atoms with E-state index in [2.05, 4.69) is 35.9 Å². The molecule has 3 N–H and O–H groups in total. The van der Waals surface area contributed by atoms with E-state index in [0.717, 1.165) is 5.56 Å². The van der Waals surface area contributed by atoms with Crippen LogP contribution < -0.4 is 15.4 Å². The average molecular weight is 524 g/mol. The Morgan fingerprint density at radius 2 is 1.87 bits per heavy atom. The number of anilines is 2. The van der Waals surface area contributed by atoms with Crippen molar-refractivity contribution in [3.8, 4) is 40.1 Å². The van der Waals surface area contributed by atoms with Crippen molar-refractivity contribution in [2.45, 2.75) is 19.9 Å². The largest absolute Gasteiger partial charge is 0.457 e. The van der Waals surface area contributed by atoms with Gasteiger partial charge < -0.3 is 15.4 Å². The van der Waals surface area contributed by atoms with E-state index in [9.17, 15) is 9.18 Å². The minimum absolute atomic E-state index is 0.0230. The summed E-state index contributed by atoms with van der Waals surface area (Å²) in [4.78, 5) is 21.1. The first kappa shape index (κ1) is 25.1. The Balaban J connectivity index is 1.30. The number of nitriles is 1. The number of amides is 2. The molecule has 0 spiro atoms. The molecule has 4 heterocycles. The lowest BCUT2D eigenvalue weighted by Gasteiger charge is -2.11. The van der Waals surface area contributed by atoms with E-state index < -0.39 is 11.8 Å². The van der Waals surface area contributed by atoms with Crippen molar-refractivity contribution in [2.24, 2.45) is 0 Å². The highest BCUT2D eigenvalue weighted by Gasteiger charge is 2.17. The summed E-state index contributed by atoms with van der Waals surface area (Å²) in [5, 5.41) is 25.4. The van der Waals surface area contributed by atoms with Crippen molar-refractivity contribution < 1.29 is 13.9 Å². The highest BCUT2D eigenvalue weighted by molar-refractivity contribution is 6.01. The van der Waals surface area contributed by atoms with Gasteiger partial charge in [-0.25, -0.2) is 14.2 Å². The van der Waals surface area contributed by atoms with Gasteiger partial charge in [-0.1, -0.05) is 0 Å². The highest BCUT2D eigenvalue weighted by atomic mass is 19.1. The van der Waals surface area contributed by atoms with Gasteiger partial charge in [-0.05, 0) is 44.2 Å². The molecular formula is C27H22FN9O2. The van der Waals surface area contributed by atoms with Gasteiger partial charge in [0.15, 0.2) is 0 Å². The Labute approximate surface area is 222 Å². The predicted molar refractivity (Wildman–Crippen MR) is 141 cm³/mol. The minimum atomic E-state index is -0.679. The molecule has 0 saturated carbocycles. The Bertz CT molecular complexity index is 1660. The molecule has 0 saturated heterocycles. The number of benzene rings is 1. The second kappa shape index (κ2) is 10.8. The van der Waals surface area contributed by atoms with Crippen LogP contribution in [0.4, 0.5) is 20.6 Å². The lowest BCUT2D eigenvalue weighted by molar-refractivity contribution is 0.262. The molecule has 0 aliphatic rings. The third kappa shape index (κ3) is 5.72. The second-order valence-electron chi connectivity index (χ2n) is 8.70. The van der Waals surface area contributed by atoms with E-state index in [4.69, 9.17) is 10.00 Å². The molecule has 1 aromatic carbocycles. The second-order valence-corrected chi connectivity index (χ2v) is 8.70. The fourth-order valence-corrected chi connectivity index (χ4v) is 3.66. The maximum atomic E-state index is 14.9. The molecule has 4 aromatic heterocycles. The van der Waals surface area contributed by atoms with E-state index in [1.807, 2.05) is 19.9 Å². The number of rotatable bonds is 7. The van der Waals surface area contributed by atoms with Crippen molar-refractivity contribution in [1.29, 1.82) is 5.26 Å². The Morgan fingerprint density at radius 3 is 2.56 bits per heavy atom. The fourth-order valence-electron chi connectivity index (χ4n) is 3.66. The molecule has 0 unspecified atom stereocenters. The number of nitrogens with one attached hydrogen (secondary N) is 3. The summed E-state index contributed by atoms with van der Waals surface area (Å²) in [6, 6.07) is 12.1. The molecule has 0 aliphatic heterocycles. The molecule has 5 aromatic rings. The first-order valence-electron chi connectivity index (χ1n) is 11.9. The molecule has 5 rings (SSSR count). The molecule has 0 bridgehead atoms. The van der Waals surface area contributed by atoms with Crippen LogP contribution in [0.5, 0.6) is 11.5 Å². The highest BCUT2D eigenvalue weighted by Crippen LogP contribution is 2.30. The molecule has 0 radical (unpaired) electrons.